The van der Waals surface area contributed by atoms with E-state index < -0.39 is 0 Å². The highest BCUT2D eigenvalue weighted by Crippen LogP contribution is 2.28. The van der Waals surface area contributed by atoms with Crippen molar-refractivity contribution < 1.29 is 5.11 Å². The SMILES string of the molecule is C[C@@H](CO)c1nnc(-c2cc(-c3cnn(Cc4cccc5cn[nH]c45)c3)c[nH]/c2=N\C(=N)N)s1. The van der Waals surface area contributed by atoms with Crippen LogP contribution in [0.1, 0.15) is 23.4 Å². The largest absolute Gasteiger partial charge is 0.396 e. The number of guanidine groups is 1. The Morgan fingerprint density at radius 3 is 3.00 bits per heavy atom. The molecule has 11 nitrogen and oxygen atoms in total. The summed E-state index contributed by atoms with van der Waals surface area (Å²) < 4.78 is 1.87. The summed E-state index contributed by atoms with van der Waals surface area (Å²) in [5, 5.41) is 39.6. The summed E-state index contributed by atoms with van der Waals surface area (Å²) in [5.74, 6) is -0.441. The predicted molar refractivity (Wildman–Crippen MR) is 129 cm³/mol. The molecule has 0 spiro atoms. The van der Waals surface area contributed by atoms with E-state index in [1.54, 1.807) is 18.6 Å². The van der Waals surface area contributed by atoms with E-state index in [0.29, 0.717) is 22.6 Å². The number of fused-ring (bicyclic) bond motifs is 1. The number of aromatic amines is 2. The number of nitrogens with one attached hydrogen (secondary N) is 3. The molecule has 0 saturated heterocycles. The van der Waals surface area contributed by atoms with Crippen LogP contribution < -0.4 is 11.2 Å². The topological polar surface area (TPSA) is 171 Å². The summed E-state index contributed by atoms with van der Waals surface area (Å²) in [6, 6.07) is 7.99. The third-order valence-corrected chi connectivity index (χ3v) is 6.57. The third kappa shape index (κ3) is 4.23. The van der Waals surface area contributed by atoms with Gasteiger partial charge in [0.25, 0.3) is 0 Å². The van der Waals surface area contributed by atoms with Crippen molar-refractivity contribution in [2.45, 2.75) is 19.4 Å². The fourth-order valence-electron chi connectivity index (χ4n) is 3.59. The molecule has 0 amide bonds. The number of hydrogen-bond donors (Lipinski definition) is 5. The summed E-state index contributed by atoms with van der Waals surface area (Å²) >= 11 is 1.37. The van der Waals surface area contributed by atoms with Gasteiger partial charge >= 0.3 is 0 Å². The standard InChI is InChI=1S/C22H22N10OS/c1-12(11-33)20-30-31-21(34-20)17-5-15(6-25-19(17)28-22(23)24)16-8-27-32(10-16)9-14-4-2-3-13-7-26-29-18(13)14/h2-8,10,12,33H,9,11H2,1H3,(H,26,29)(H4,23,24,25,28)/t12-/m0/s1. The maximum absolute atomic E-state index is 9.44. The van der Waals surface area contributed by atoms with Gasteiger partial charge in [0.1, 0.15) is 10.5 Å². The van der Waals surface area contributed by atoms with Crippen molar-refractivity contribution in [3.05, 3.63) is 65.1 Å². The molecule has 34 heavy (non-hydrogen) atoms. The lowest BCUT2D eigenvalue weighted by Gasteiger charge is -2.04. The smallest absolute Gasteiger partial charge is 0.214 e. The summed E-state index contributed by atoms with van der Waals surface area (Å²) in [7, 11) is 0. The number of hydrogen-bond acceptors (Lipinski definition) is 7. The molecule has 4 aromatic heterocycles. The molecule has 5 rings (SSSR count). The normalized spacial score (nSPS) is 12.9. The van der Waals surface area contributed by atoms with Crippen LogP contribution >= 0.6 is 11.3 Å². The number of rotatable bonds is 6. The summed E-state index contributed by atoms with van der Waals surface area (Å²) in [4.78, 5) is 7.21. The van der Waals surface area contributed by atoms with E-state index >= 15 is 0 Å². The fourth-order valence-corrected chi connectivity index (χ4v) is 4.49. The van der Waals surface area contributed by atoms with Gasteiger partial charge in [0.05, 0.1) is 36.6 Å². The Bertz CT molecular complexity index is 1540. The van der Waals surface area contributed by atoms with Crippen LogP contribution in [-0.2, 0) is 6.54 Å². The van der Waals surface area contributed by atoms with E-state index in [0.717, 1.165) is 32.6 Å². The van der Waals surface area contributed by atoms with Crippen LogP contribution in [0.5, 0.6) is 0 Å². The molecule has 1 aromatic carbocycles. The number of aliphatic hydroxyl groups excluding tert-OH is 1. The zero-order valence-corrected chi connectivity index (χ0v) is 19.0. The first-order chi connectivity index (χ1) is 16.5. The van der Waals surface area contributed by atoms with Crippen LogP contribution in [0, 0.1) is 5.41 Å². The van der Waals surface area contributed by atoms with Gasteiger partial charge in [0.2, 0.25) is 5.96 Å². The monoisotopic (exact) mass is 474 g/mol. The average Bonchev–Trinajstić information content (AvgIpc) is 3.59. The van der Waals surface area contributed by atoms with Crippen LogP contribution in [0.4, 0.5) is 0 Å². The molecule has 6 N–H and O–H groups in total. The van der Waals surface area contributed by atoms with Gasteiger partial charge in [-0.3, -0.25) is 15.2 Å². The highest BCUT2D eigenvalue weighted by molar-refractivity contribution is 7.14. The van der Waals surface area contributed by atoms with Gasteiger partial charge in [0, 0.05) is 34.8 Å². The van der Waals surface area contributed by atoms with E-state index in [-0.39, 0.29) is 18.5 Å². The number of para-hydroxylation sites is 1. The quantitative estimate of drug-likeness (QED) is 0.186. The zero-order chi connectivity index (χ0) is 23.7. The fraction of sp³-hybridized carbons (Fsp3) is 0.182. The molecule has 12 heteroatoms. The van der Waals surface area contributed by atoms with Crippen molar-refractivity contribution in [3.8, 4) is 21.7 Å². The van der Waals surface area contributed by atoms with Crippen molar-refractivity contribution in [2.24, 2.45) is 10.7 Å². The summed E-state index contributed by atoms with van der Waals surface area (Å²) in [6.07, 6.45) is 7.35. The minimum atomic E-state index is -0.320. The highest BCUT2D eigenvalue weighted by atomic mass is 32.1. The molecular weight excluding hydrogens is 452 g/mol. The Kier molecular flexibility index (Phi) is 5.74. The van der Waals surface area contributed by atoms with E-state index in [4.69, 9.17) is 11.1 Å². The number of nitrogens with zero attached hydrogens (tertiary/aromatic N) is 6. The molecule has 0 aliphatic rings. The molecule has 0 fully saturated rings. The summed E-state index contributed by atoms with van der Waals surface area (Å²) in [6.45, 7) is 2.45. The predicted octanol–water partition coefficient (Wildman–Crippen LogP) is 2.21. The van der Waals surface area contributed by atoms with Crippen LogP contribution in [0.15, 0.2) is 54.0 Å². The van der Waals surface area contributed by atoms with E-state index in [1.165, 1.54) is 11.3 Å². The maximum atomic E-state index is 9.44. The molecule has 4 heterocycles. The molecule has 0 unspecified atom stereocenters. The van der Waals surface area contributed by atoms with Crippen molar-refractivity contribution in [1.29, 1.82) is 5.41 Å². The highest BCUT2D eigenvalue weighted by Gasteiger charge is 2.15. The minimum absolute atomic E-state index is 0.0169. The number of aromatic nitrogens is 7. The number of pyridine rings is 1. The van der Waals surface area contributed by atoms with Crippen LogP contribution in [-0.4, -0.2) is 52.8 Å². The lowest BCUT2D eigenvalue weighted by atomic mass is 10.1. The first kappa shape index (κ1) is 21.7. The average molecular weight is 475 g/mol. The van der Waals surface area contributed by atoms with Crippen molar-refractivity contribution in [3.63, 3.8) is 0 Å². The Morgan fingerprint density at radius 2 is 2.18 bits per heavy atom. The molecule has 0 radical (unpaired) electrons. The summed E-state index contributed by atoms with van der Waals surface area (Å²) in [5.41, 5.74) is 10.4. The van der Waals surface area contributed by atoms with Gasteiger partial charge in [-0.1, -0.05) is 36.5 Å². The van der Waals surface area contributed by atoms with E-state index in [2.05, 4.69) is 35.5 Å². The first-order valence-electron chi connectivity index (χ1n) is 10.5. The molecule has 172 valence electrons. The van der Waals surface area contributed by atoms with Gasteiger partial charge < -0.3 is 15.8 Å². The van der Waals surface area contributed by atoms with Gasteiger partial charge in [-0.2, -0.15) is 15.2 Å². The second kappa shape index (κ2) is 9.00. The Morgan fingerprint density at radius 1 is 1.29 bits per heavy atom. The molecule has 0 aliphatic carbocycles. The van der Waals surface area contributed by atoms with Crippen molar-refractivity contribution in [2.75, 3.05) is 6.61 Å². The Hall–Kier alpha value is -4.16. The van der Waals surface area contributed by atoms with Crippen molar-refractivity contribution in [1.82, 2.24) is 35.2 Å². The number of aliphatic hydroxyl groups is 1. The van der Waals surface area contributed by atoms with Crippen LogP contribution in [0.2, 0.25) is 0 Å². The lowest BCUT2D eigenvalue weighted by Crippen LogP contribution is -2.18. The third-order valence-electron chi connectivity index (χ3n) is 5.38. The Labute approximate surface area is 197 Å². The second-order valence-electron chi connectivity index (χ2n) is 7.85. The van der Waals surface area contributed by atoms with E-state index in [1.807, 2.05) is 42.1 Å². The van der Waals surface area contributed by atoms with Gasteiger partial charge in [-0.05, 0) is 11.6 Å². The number of H-pyrrole nitrogens is 2. The molecule has 5 aromatic rings. The van der Waals surface area contributed by atoms with Crippen LogP contribution in [0.25, 0.3) is 32.6 Å². The molecular formula is C22H22N10OS. The molecule has 1 atom stereocenters. The zero-order valence-electron chi connectivity index (χ0n) is 18.2. The lowest BCUT2D eigenvalue weighted by molar-refractivity contribution is 0.272. The second-order valence-corrected chi connectivity index (χ2v) is 8.86. The van der Waals surface area contributed by atoms with Gasteiger partial charge in [0.15, 0.2) is 5.01 Å². The minimum Gasteiger partial charge on any atom is -0.396 e. The number of nitrogens with two attached hydrogens (primary N) is 1. The Balaban J connectivity index is 1.51. The number of benzene rings is 1. The van der Waals surface area contributed by atoms with E-state index in [9.17, 15) is 5.11 Å². The molecule has 0 saturated carbocycles. The van der Waals surface area contributed by atoms with Crippen molar-refractivity contribution >= 4 is 28.2 Å². The van der Waals surface area contributed by atoms with Gasteiger partial charge in [-0.15, -0.1) is 10.2 Å². The van der Waals surface area contributed by atoms with Crippen LogP contribution in [0.3, 0.4) is 0 Å². The maximum Gasteiger partial charge on any atom is 0.214 e. The molecule has 0 bridgehead atoms. The van der Waals surface area contributed by atoms with Gasteiger partial charge in [-0.25, -0.2) is 0 Å². The first-order valence-corrected chi connectivity index (χ1v) is 11.3. The molecule has 0 aliphatic heterocycles.